The van der Waals surface area contributed by atoms with Crippen LogP contribution in [0.3, 0.4) is 0 Å². The van der Waals surface area contributed by atoms with Crippen molar-refractivity contribution >= 4 is 5.91 Å². The minimum atomic E-state index is -0.0979. The van der Waals surface area contributed by atoms with Crippen LogP contribution in [0.2, 0.25) is 0 Å². The van der Waals surface area contributed by atoms with Gasteiger partial charge in [0.1, 0.15) is 11.5 Å². The number of terminal acetylenes is 1. The second kappa shape index (κ2) is 5.89. The van der Waals surface area contributed by atoms with Gasteiger partial charge in [0.05, 0.1) is 19.6 Å². The van der Waals surface area contributed by atoms with E-state index in [1.807, 2.05) is 19.1 Å². The summed E-state index contributed by atoms with van der Waals surface area (Å²) in [5, 5.41) is 5.50. The first kappa shape index (κ1) is 11.3. The van der Waals surface area contributed by atoms with Gasteiger partial charge in [-0.2, -0.15) is 0 Å². The highest BCUT2D eigenvalue weighted by Crippen LogP contribution is 2.04. The van der Waals surface area contributed by atoms with E-state index >= 15 is 0 Å². The van der Waals surface area contributed by atoms with Gasteiger partial charge in [-0.05, 0) is 19.1 Å². The minimum absolute atomic E-state index is 0.0979. The fourth-order valence-electron chi connectivity index (χ4n) is 1.08. The van der Waals surface area contributed by atoms with Crippen LogP contribution in [0, 0.1) is 19.3 Å². The molecule has 4 nitrogen and oxygen atoms in total. The summed E-state index contributed by atoms with van der Waals surface area (Å²) >= 11 is 0. The van der Waals surface area contributed by atoms with Crippen molar-refractivity contribution in [1.29, 1.82) is 0 Å². The number of amides is 1. The summed E-state index contributed by atoms with van der Waals surface area (Å²) < 4.78 is 5.29. The Balaban J connectivity index is 2.20. The Labute approximate surface area is 89.0 Å². The third kappa shape index (κ3) is 4.34. The molecule has 80 valence electrons. The second-order valence-corrected chi connectivity index (χ2v) is 3.10. The Bertz CT molecular complexity index is 363. The van der Waals surface area contributed by atoms with Gasteiger partial charge in [0, 0.05) is 0 Å². The summed E-state index contributed by atoms with van der Waals surface area (Å²) in [5.74, 6) is 3.88. The first-order valence-electron chi connectivity index (χ1n) is 4.68. The fourth-order valence-corrected chi connectivity index (χ4v) is 1.08. The van der Waals surface area contributed by atoms with Crippen molar-refractivity contribution in [2.24, 2.45) is 0 Å². The van der Waals surface area contributed by atoms with Crippen molar-refractivity contribution in [2.45, 2.75) is 13.5 Å². The molecule has 0 saturated carbocycles. The molecule has 0 aliphatic carbocycles. The molecule has 0 bridgehead atoms. The minimum Gasteiger partial charge on any atom is -0.465 e. The SMILES string of the molecule is C#CCNCC(=O)NCc1ccc(C)o1. The highest BCUT2D eigenvalue weighted by Gasteiger charge is 2.02. The van der Waals surface area contributed by atoms with Crippen LogP contribution in [0.25, 0.3) is 0 Å². The topological polar surface area (TPSA) is 54.3 Å². The van der Waals surface area contributed by atoms with Crippen LogP contribution in [-0.4, -0.2) is 19.0 Å². The fraction of sp³-hybridized carbons (Fsp3) is 0.364. The molecule has 2 N–H and O–H groups in total. The summed E-state index contributed by atoms with van der Waals surface area (Å²) in [6, 6.07) is 3.70. The van der Waals surface area contributed by atoms with E-state index in [4.69, 9.17) is 10.8 Å². The molecule has 4 heteroatoms. The lowest BCUT2D eigenvalue weighted by molar-refractivity contribution is -0.120. The van der Waals surface area contributed by atoms with Gasteiger partial charge in [-0.15, -0.1) is 6.42 Å². The lowest BCUT2D eigenvalue weighted by Gasteiger charge is -2.02. The van der Waals surface area contributed by atoms with Gasteiger partial charge in [0.2, 0.25) is 5.91 Å². The molecule has 1 amide bonds. The summed E-state index contributed by atoms with van der Waals surface area (Å²) in [4.78, 5) is 11.2. The standard InChI is InChI=1S/C11H14N2O2/c1-3-6-12-8-11(14)13-7-10-5-4-9(2)15-10/h1,4-5,12H,6-8H2,2H3,(H,13,14). The average Bonchev–Trinajstić information content (AvgIpc) is 2.62. The largest absolute Gasteiger partial charge is 0.465 e. The number of hydrogen-bond donors (Lipinski definition) is 2. The van der Waals surface area contributed by atoms with Crippen LogP contribution in [0.1, 0.15) is 11.5 Å². The molecule has 0 fully saturated rings. The van der Waals surface area contributed by atoms with E-state index in [1.54, 1.807) is 0 Å². The molecule has 1 aromatic rings. The summed E-state index contributed by atoms with van der Waals surface area (Å²) in [5.41, 5.74) is 0. The molecule has 0 aliphatic heterocycles. The Hall–Kier alpha value is -1.73. The molecule has 0 atom stereocenters. The maximum absolute atomic E-state index is 11.2. The Kier molecular flexibility index (Phi) is 4.45. The Morgan fingerprint density at radius 3 is 3.00 bits per heavy atom. The van der Waals surface area contributed by atoms with Crippen LogP contribution >= 0.6 is 0 Å². The molecular weight excluding hydrogens is 192 g/mol. The number of nitrogens with one attached hydrogen (secondary N) is 2. The molecule has 1 rings (SSSR count). The van der Waals surface area contributed by atoms with Gasteiger partial charge < -0.3 is 9.73 Å². The molecule has 0 saturated heterocycles. The van der Waals surface area contributed by atoms with E-state index in [9.17, 15) is 4.79 Å². The van der Waals surface area contributed by atoms with E-state index < -0.39 is 0 Å². The quantitative estimate of drug-likeness (QED) is 0.542. The number of carbonyl (C=O) groups excluding carboxylic acids is 1. The van der Waals surface area contributed by atoms with Crippen molar-refractivity contribution in [3.05, 3.63) is 23.7 Å². The first-order chi connectivity index (χ1) is 7.22. The van der Waals surface area contributed by atoms with Crippen molar-refractivity contribution in [3.8, 4) is 12.3 Å². The molecule has 1 heterocycles. The van der Waals surface area contributed by atoms with Gasteiger partial charge in [0.25, 0.3) is 0 Å². The van der Waals surface area contributed by atoms with E-state index in [2.05, 4.69) is 16.6 Å². The van der Waals surface area contributed by atoms with Crippen molar-refractivity contribution in [1.82, 2.24) is 10.6 Å². The molecule has 0 aliphatic rings. The van der Waals surface area contributed by atoms with Crippen molar-refractivity contribution in [2.75, 3.05) is 13.1 Å². The number of carbonyl (C=O) groups is 1. The Morgan fingerprint density at radius 1 is 1.60 bits per heavy atom. The van der Waals surface area contributed by atoms with Gasteiger partial charge in [0.15, 0.2) is 0 Å². The maximum Gasteiger partial charge on any atom is 0.234 e. The zero-order valence-corrected chi connectivity index (χ0v) is 8.67. The van der Waals surface area contributed by atoms with Crippen LogP contribution in [0.4, 0.5) is 0 Å². The lowest BCUT2D eigenvalue weighted by atomic mass is 10.4. The third-order valence-electron chi connectivity index (χ3n) is 1.77. The van der Waals surface area contributed by atoms with Crippen molar-refractivity contribution in [3.63, 3.8) is 0 Å². The predicted octanol–water partition coefficient (Wildman–Crippen LogP) is 0.427. The van der Waals surface area contributed by atoms with Gasteiger partial charge in [-0.3, -0.25) is 10.1 Å². The first-order valence-corrected chi connectivity index (χ1v) is 4.68. The van der Waals surface area contributed by atoms with E-state index in [-0.39, 0.29) is 12.5 Å². The third-order valence-corrected chi connectivity index (χ3v) is 1.77. The number of aryl methyl sites for hydroxylation is 1. The van der Waals surface area contributed by atoms with Gasteiger partial charge in [-0.25, -0.2) is 0 Å². The summed E-state index contributed by atoms with van der Waals surface area (Å²) in [6.07, 6.45) is 5.02. The normalized spacial score (nSPS) is 9.60. The zero-order chi connectivity index (χ0) is 11.1. The second-order valence-electron chi connectivity index (χ2n) is 3.10. The lowest BCUT2D eigenvalue weighted by Crippen LogP contribution is -2.33. The average molecular weight is 206 g/mol. The van der Waals surface area contributed by atoms with E-state index in [1.165, 1.54) is 0 Å². The van der Waals surface area contributed by atoms with Crippen LogP contribution in [-0.2, 0) is 11.3 Å². The van der Waals surface area contributed by atoms with Crippen LogP contribution in [0.15, 0.2) is 16.5 Å². The monoisotopic (exact) mass is 206 g/mol. The molecular formula is C11H14N2O2. The van der Waals surface area contributed by atoms with Crippen LogP contribution in [0.5, 0.6) is 0 Å². The molecule has 15 heavy (non-hydrogen) atoms. The highest BCUT2D eigenvalue weighted by molar-refractivity contribution is 5.77. The molecule has 0 radical (unpaired) electrons. The number of rotatable bonds is 5. The molecule has 0 unspecified atom stereocenters. The molecule has 0 aromatic carbocycles. The molecule has 1 aromatic heterocycles. The maximum atomic E-state index is 11.2. The summed E-state index contributed by atoms with van der Waals surface area (Å²) in [6.45, 7) is 2.89. The van der Waals surface area contributed by atoms with Gasteiger partial charge in [-0.1, -0.05) is 5.92 Å². The summed E-state index contributed by atoms with van der Waals surface area (Å²) in [7, 11) is 0. The van der Waals surface area contributed by atoms with E-state index in [0.29, 0.717) is 13.1 Å². The number of hydrogen-bond acceptors (Lipinski definition) is 3. The predicted molar refractivity (Wildman–Crippen MR) is 57.0 cm³/mol. The van der Waals surface area contributed by atoms with Gasteiger partial charge >= 0.3 is 0 Å². The highest BCUT2D eigenvalue weighted by atomic mass is 16.3. The van der Waals surface area contributed by atoms with E-state index in [0.717, 1.165) is 11.5 Å². The Morgan fingerprint density at radius 2 is 2.40 bits per heavy atom. The molecule has 0 spiro atoms. The zero-order valence-electron chi connectivity index (χ0n) is 8.67. The number of furan rings is 1. The smallest absolute Gasteiger partial charge is 0.234 e. The van der Waals surface area contributed by atoms with Crippen LogP contribution < -0.4 is 10.6 Å². The van der Waals surface area contributed by atoms with Crippen molar-refractivity contribution < 1.29 is 9.21 Å².